The number of rotatable bonds is 3. The Morgan fingerprint density at radius 3 is 2.72 bits per heavy atom. The molecule has 8 heteroatoms. The van der Waals surface area contributed by atoms with Crippen molar-refractivity contribution in [2.24, 2.45) is 0 Å². The van der Waals surface area contributed by atoms with Gasteiger partial charge in [0.05, 0.1) is 9.88 Å². The molecule has 2 amide bonds. The molecule has 2 aromatic rings. The van der Waals surface area contributed by atoms with Crippen molar-refractivity contribution in [3.63, 3.8) is 0 Å². The molecule has 0 spiro atoms. The molecule has 18 heavy (non-hydrogen) atoms. The molecule has 0 fully saturated rings. The first-order valence-corrected chi connectivity index (χ1v) is 5.94. The summed E-state index contributed by atoms with van der Waals surface area (Å²) in [7, 11) is 0. The van der Waals surface area contributed by atoms with E-state index < -0.39 is 0 Å². The summed E-state index contributed by atoms with van der Waals surface area (Å²) < 4.78 is 0. The van der Waals surface area contributed by atoms with Gasteiger partial charge in [0, 0.05) is 6.92 Å². The summed E-state index contributed by atoms with van der Waals surface area (Å²) in [6, 6.07) is 3.30. The summed E-state index contributed by atoms with van der Waals surface area (Å²) in [5, 5.41) is 12.2. The third kappa shape index (κ3) is 2.92. The first-order valence-electron chi connectivity index (χ1n) is 5.12. The summed E-state index contributed by atoms with van der Waals surface area (Å²) >= 11 is 1.19. The van der Waals surface area contributed by atoms with Crippen molar-refractivity contribution >= 4 is 34.1 Å². The van der Waals surface area contributed by atoms with Crippen molar-refractivity contribution < 1.29 is 9.59 Å². The molecule has 94 valence electrons. The van der Waals surface area contributed by atoms with Crippen LogP contribution in [0.1, 0.15) is 22.4 Å². The van der Waals surface area contributed by atoms with Crippen molar-refractivity contribution in [1.82, 2.24) is 15.2 Å². The summed E-state index contributed by atoms with van der Waals surface area (Å²) in [6.07, 6.45) is 0. The molecule has 0 aliphatic rings. The number of carbonyl (C=O) groups excluding carboxylic acids is 2. The molecule has 0 atom stereocenters. The van der Waals surface area contributed by atoms with Crippen molar-refractivity contribution in [2.45, 2.75) is 13.8 Å². The lowest BCUT2D eigenvalue weighted by molar-refractivity contribution is -0.114. The Hall–Kier alpha value is -2.22. The molecule has 2 aromatic heterocycles. The minimum atomic E-state index is -0.310. The van der Waals surface area contributed by atoms with E-state index in [1.165, 1.54) is 18.3 Å². The van der Waals surface area contributed by atoms with Crippen molar-refractivity contribution in [3.8, 4) is 0 Å². The van der Waals surface area contributed by atoms with Crippen molar-refractivity contribution in [2.75, 3.05) is 10.6 Å². The van der Waals surface area contributed by atoms with Crippen LogP contribution in [0.3, 0.4) is 0 Å². The predicted octanol–water partition coefficient (Wildman–Crippen LogP) is 1.39. The minimum absolute atomic E-state index is 0.173. The van der Waals surface area contributed by atoms with Crippen LogP contribution in [0.2, 0.25) is 0 Å². The number of amides is 2. The summed E-state index contributed by atoms with van der Waals surface area (Å²) in [4.78, 5) is 27.1. The highest BCUT2D eigenvalue weighted by atomic mass is 32.1. The van der Waals surface area contributed by atoms with E-state index in [9.17, 15) is 9.59 Å². The van der Waals surface area contributed by atoms with E-state index >= 15 is 0 Å². The first kappa shape index (κ1) is 12.2. The number of hydrogen-bond donors (Lipinski definition) is 3. The molecule has 0 saturated heterocycles. The Morgan fingerprint density at radius 1 is 1.33 bits per heavy atom. The zero-order valence-corrected chi connectivity index (χ0v) is 10.6. The number of nitrogens with one attached hydrogen (secondary N) is 3. The zero-order valence-electron chi connectivity index (χ0n) is 9.77. The highest BCUT2D eigenvalue weighted by molar-refractivity contribution is 7.18. The average molecular weight is 265 g/mol. The summed E-state index contributed by atoms with van der Waals surface area (Å²) in [5.74, 6) is 0.367. The maximum atomic E-state index is 11.8. The number of nitrogens with zero attached hydrogens (tertiary/aromatic N) is 2. The molecular formula is C10H11N5O2S. The van der Waals surface area contributed by atoms with E-state index in [4.69, 9.17) is 0 Å². The number of aryl methyl sites for hydroxylation is 1. The van der Waals surface area contributed by atoms with Gasteiger partial charge in [-0.05, 0) is 19.1 Å². The lowest BCUT2D eigenvalue weighted by Gasteiger charge is -1.97. The smallest absolute Gasteiger partial charge is 0.268 e. The van der Waals surface area contributed by atoms with Crippen LogP contribution in [0.25, 0.3) is 0 Å². The van der Waals surface area contributed by atoms with Crippen LogP contribution in [0.4, 0.5) is 10.9 Å². The number of hydrogen-bond acceptors (Lipinski definition) is 5. The van der Waals surface area contributed by atoms with Crippen LogP contribution in [-0.2, 0) is 4.79 Å². The standard InChI is InChI=1S/C10H11N5O2S/c1-5-11-10(15-14-5)13-9(17)7-3-4-8(18-7)12-6(2)16/h3-4H,1-2H3,(H,12,16)(H2,11,13,14,15,17). The number of anilines is 2. The number of thiophene rings is 1. The fourth-order valence-corrected chi connectivity index (χ4v) is 2.11. The molecule has 2 rings (SSSR count). The van der Waals surface area contributed by atoms with Gasteiger partial charge in [-0.15, -0.1) is 16.4 Å². The number of aromatic amines is 1. The number of carbonyl (C=O) groups is 2. The topological polar surface area (TPSA) is 99.8 Å². The Balaban J connectivity index is 2.05. The van der Waals surface area contributed by atoms with Gasteiger partial charge in [-0.3, -0.25) is 20.0 Å². The van der Waals surface area contributed by atoms with E-state index in [1.807, 2.05) is 0 Å². The monoisotopic (exact) mass is 265 g/mol. The highest BCUT2D eigenvalue weighted by Crippen LogP contribution is 2.22. The van der Waals surface area contributed by atoms with Gasteiger partial charge in [-0.25, -0.2) is 0 Å². The normalized spacial score (nSPS) is 10.1. The Kier molecular flexibility index (Phi) is 3.38. The van der Waals surface area contributed by atoms with Gasteiger partial charge < -0.3 is 5.32 Å². The van der Waals surface area contributed by atoms with Crippen LogP contribution in [0, 0.1) is 6.92 Å². The summed E-state index contributed by atoms with van der Waals surface area (Å²) in [5.41, 5.74) is 0. The molecule has 0 aromatic carbocycles. The SMILES string of the molecule is CC(=O)Nc1ccc(C(=O)Nc2n[nH]c(C)n2)s1. The van der Waals surface area contributed by atoms with Crippen LogP contribution >= 0.6 is 11.3 Å². The van der Waals surface area contributed by atoms with E-state index in [2.05, 4.69) is 25.8 Å². The predicted molar refractivity (Wildman–Crippen MR) is 67.7 cm³/mol. The molecule has 0 saturated carbocycles. The first-order chi connectivity index (χ1) is 8.54. The van der Waals surface area contributed by atoms with Gasteiger partial charge in [0.15, 0.2) is 0 Å². The fourth-order valence-electron chi connectivity index (χ4n) is 1.26. The average Bonchev–Trinajstić information content (AvgIpc) is 2.87. The van der Waals surface area contributed by atoms with Gasteiger partial charge in [0.2, 0.25) is 11.9 Å². The van der Waals surface area contributed by atoms with Gasteiger partial charge in [0.25, 0.3) is 5.91 Å². The maximum Gasteiger partial charge on any atom is 0.268 e. The summed E-state index contributed by atoms with van der Waals surface area (Å²) in [6.45, 7) is 3.15. The Labute approximate surface area is 107 Å². The third-order valence-corrected chi connectivity index (χ3v) is 2.95. The second-order valence-corrected chi connectivity index (χ2v) is 4.63. The van der Waals surface area contributed by atoms with E-state index in [0.717, 1.165) is 0 Å². The van der Waals surface area contributed by atoms with Gasteiger partial charge in [-0.2, -0.15) is 4.98 Å². The molecule has 0 aliphatic heterocycles. The second-order valence-electron chi connectivity index (χ2n) is 3.54. The van der Waals surface area contributed by atoms with Gasteiger partial charge >= 0.3 is 0 Å². The van der Waals surface area contributed by atoms with Crippen LogP contribution in [-0.4, -0.2) is 27.0 Å². The minimum Gasteiger partial charge on any atom is -0.318 e. The Morgan fingerprint density at radius 2 is 2.11 bits per heavy atom. The van der Waals surface area contributed by atoms with Crippen molar-refractivity contribution in [3.05, 3.63) is 22.8 Å². The van der Waals surface area contributed by atoms with Gasteiger partial charge in [-0.1, -0.05) is 0 Å². The zero-order chi connectivity index (χ0) is 13.1. The van der Waals surface area contributed by atoms with Crippen LogP contribution in [0.15, 0.2) is 12.1 Å². The third-order valence-electron chi connectivity index (χ3n) is 1.95. The molecule has 7 nitrogen and oxygen atoms in total. The Bertz CT molecular complexity index is 589. The van der Waals surface area contributed by atoms with Crippen LogP contribution in [0.5, 0.6) is 0 Å². The molecule has 0 unspecified atom stereocenters. The molecule has 3 N–H and O–H groups in total. The van der Waals surface area contributed by atoms with Gasteiger partial charge in [0.1, 0.15) is 5.82 Å². The highest BCUT2D eigenvalue weighted by Gasteiger charge is 2.12. The molecule has 0 bridgehead atoms. The van der Waals surface area contributed by atoms with Crippen LogP contribution < -0.4 is 10.6 Å². The van der Waals surface area contributed by atoms with E-state index in [-0.39, 0.29) is 17.8 Å². The molecular weight excluding hydrogens is 254 g/mol. The lowest BCUT2D eigenvalue weighted by Crippen LogP contribution is -2.11. The number of aromatic nitrogens is 3. The maximum absolute atomic E-state index is 11.8. The lowest BCUT2D eigenvalue weighted by atomic mass is 10.4. The van der Waals surface area contributed by atoms with Crippen molar-refractivity contribution in [1.29, 1.82) is 0 Å². The molecule has 0 aliphatic carbocycles. The van der Waals surface area contributed by atoms with E-state index in [0.29, 0.717) is 15.7 Å². The number of H-pyrrole nitrogens is 1. The molecule has 0 radical (unpaired) electrons. The largest absolute Gasteiger partial charge is 0.318 e. The van der Waals surface area contributed by atoms with E-state index in [1.54, 1.807) is 19.1 Å². The fraction of sp³-hybridized carbons (Fsp3) is 0.200. The second kappa shape index (κ2) is 4.96. The molecule has 2 heterocycles. The quantitative estimate of drug-likeness (QED) is 0.780.